The molecule has 1 amide bonds. The van der Waals surface area contributed by atoms with Gasteiger partial charge < -0.3 is 19.1 Å². The Kier molecular flexibility index (Phi) is 5.97. The van der Waals surface area contributed by atoms with Gasteiger partial charge in [0.25, 0.3) is 5.91 Å². The zero-order valence-corrected chi connectivity index (χ0v) is 18.0. The lowest BCUT2D eigenvalue weighted by atomic mass is 10.0. The predicted octanol–water partition coefficient (Wildman–Crippen LogP) is 5.26. The van der Waals surface area contributed by atoms with Crippen molar-refractivity contribution in [3.63, 3.8) is 0 Å². The first kappa shape index (κ1) is 20.4. The number of hydrogen-bond acceptors (Lipinski definition) is 4. The van der Waals surface area contributed by atoms with Crippen LogP contribution in [0.2, 0.25) is 0 Å². The molecule has 3 aromatic carbocycles. The number of likely N-dealkylation sites (tertiary alicyclic amines) is 1. The molecule has 0 spiro atoms. The standard InChI is InChI=1S/C27H27NO4/c29-27(19-32-24-12-5-4-10-22(24)20-8-2-1-3-9-20)28-15-6-11-23(28)21-13-14-25-26(18-21)31-17-7-16-30-25/h1-5,8-10,12-14,18,23H,6-7,11,15-17,19H2. The van der Waals surface area contributed by atoms with E-state index in [9.17, 15) is 4.79 Å². The van der Waals surface area contributed by atoms with Gasteiger partial charge in [-0.15, -0.1) is 0 Å². The lowest BCUT2D eigenvalue weighted by molar-refractivity contribution is -0.134. The highest BCUT2D eigenvalue weighted by Crippen LogP contribution is 2.38. The molecule has 5 nitrogen and oxygen atoms in total. The Hall–Kier alpha value is -3.47. The summed E-state index contributed by atoms with van der Waals surface area (Å²) in [4.78, 5) is 15.1. The molecule has 0 radical (unpaired) electrons. The maximum Gasteiger partial charge on any atom is 0.261 e. The molecule has 0 saturated carbocycles. The van der Waals surface area contributed by atoms with Crippen molar-refractivity contribution in [3.8, 4) is 28.4 Å². The highest BCUT2D eigenvalue weighted by Gasteiger charge is 2.31. The Morgan fingerprint density at radius 3 is 2.56 bits per heavy atom. The highest BCUT2D eigenvalue weighted by atomic mass is 16.5. The number of hydrogen-bond donors (Lipinski definition) is 0. The Morgan fingerprint density at radius 2 is 1.69 bits per heavy atom. The average Bonchev–Trinajstić information content (AvgIpc) is 3.22. The molecule has 0 aliphatic carbocycles. The van der Waals surface area contributed by atoms with Gasteiger partial charge in [-0.3, -0.25) is 4.79 Å². The van der Waals surface area contributed by atoms with Crippen molar-refractivity contribution in [2.75, 3.05) is 26.4 Å². The number of rotatable bonds is 5. The fourth-order valence-corrected chi connectivity index (χ4v) is 4.47. The summed E-state index contributed by atoms with van der Waals surface area (Å²) in [6.07, 6.45) is 2.79. The lowest BCUT2D eigenvalue weighted by Gasteiger charge is -2.26. The zero-order valence-electron chi connectivity index (χ0n) is 18.0. The SMILES string of the molecule is O=C(COc1ccccc1-c1ccccc1)N1CCCC1c1ccc2c(c1)OCCCO2. The van der Waals surface area contributed by atoms with Crippen molar-refractivity contribution in [1.82, 2.24) is 4.90 Å². The van der Waals surface area contributed by atoms with Crippen LogP contribution in [0.25, 0.3) is 11.1 Å². The first-order chi connectivity index (χ1) is 15.8. The largest absolute Gasteiger partial charge is 0.490 e. The maximum atomic E-state index is 13.1. The second-order valence-electron chi connectivity index (χ2n) is 8.15. The summed E-state index contributed by atoms with van der Waals surface area (Å²) in [5.74, 6) is 2.27. The molecule has 5 rings (SSSR count). The predicted molar refractivity (Wildman–Crippen MR) is 123 cm³/mol. The van der Waals surface area contributed by atoms with E-state index in [4.69, 9.17) is 14.2 Å². The molecule has 0 aromatic heterocycles. The van der Waals surface area contributed by atoms with E-state index in [1.54, 1.807) is 0 Å². The van der Waals surface area contributed by atoms with Crippen LogP contribution in [0.3, 0.4) is 0 Å². The van der Waals surface area contributed by atoms with Gasteiger partial charge in [0.15, 0.2) is 18.1 Å². The van der Waals surface area contributed by atoms with E-state index < -0.39 is 0 Å². The number of para-hydroxylation sites is 1. The fourth-order valence-electron chi connectivity index (χ4n) is 4.47. The second kappa shape index (κ2) is 9.35. The summed E-state index contributed by atoms with van der Waals surface area (Å²) in [7, 11) is 0. The molecule has 2 heterocycles. The molecule has 0 N–H and O–H groups in total. The van der Waals surface area contributed by atoms with E-state index in [1.807, 2.05) is 71.6 Å². The van der Waals surface area contributed by atoms with Crippen molar-refractivity contribution in [3.05, 3.63) is 78.4 Å². The molecule has 3 aromatic rings. The summed E-state index contributed by atoms with van der Waals surface area (Å²) in [6.45, 7) is 2.08. The molecule has 164 valence electrons. The number of nitrogens with zero attached hydrogens (tertiary/aromatic N) is 1. The van der Waals surface area contributed by atoms with Gasteiger partial charge in [-0.1, -0.05) is 54.6 Å². The van der Waals surface area contributed by atoms with E-state index in [-0.39, 0.29) is 18.6 Å². The molecule has 1 unspecified atom stereocenters. The van der Waals surface area contributed by atoms with Crippen molar-refractivity contribution in [2.24, 2.45) is 0 Å². The summed E-state index contributed by atoms with van der Waals surface area (Å²) in [6, 6.07) is 24.0. The molecule has 1 saturated heterocycles. The van der Waals surface area contributed by atoms with Crippen molar-refractivity contribution in [1.29, 1.82) is 0 Å². The molecule has 2 aliphatic heterocycles. The molecule has 1 fully saturated rings. The molecule has 2 aliphatic rings. The summed E-state index contributed by atoms with van der Waals surface area (Å²) < 4.78 is 17.6. The number of fused-ring (bicyclic) bond motifs is 1. The minimum absolute atomic E-state index is 0.00229. The quantitative estimate of drug-likeness (QED) is 0.555. The molecular formula is C27H27NO4. The number of carbonyl (C=O) groups is 1. The summed E-state index contributed by atoms with van der Waals surface area (Å²) >= 11 is 0. The van der Waals surface area contributed by atoms with Gasteiger partial charge in [0.1, 0.15) is 5.75 Å². The van der Waals surface area contributed by atoms with Crippen LogP contribution in [0.5, 0.6) is 17.2 Å². The summed E-state index contributed by atoms with van der Waals surface area (Å²) in [5, 5.41) is 0. The lowest BCUT2D eigenvalue weighted by Crippen LogP contribution is -2.34. The minimum atomic E-state index is 0.00229. The number of amides is 1. The zero-order chi connectivity index (χ0) is 21.8. The third kappa shape index (κ3) is 4.28. The van der Waals surface area contributed by atoms with Crippen LogP contribution in [0.1, 0.15) is 30.9 Å². The molecule has 1 atom stereocenters. The van der Waals surface area contributed by atoms with Crippen molar-refractivity contribution in [2.45, 2.75) is 25.3 Å². The maximum absolute atomic E-state index is 13.1. The fraction of sp³-hybridized carbons (Fsp3) is 0.296. The smallest absolute Gasteiger partial charge is 0.261 e. The minimum Gasteiger partial charge on any atom is -0.490 e. The van der Waals surface area contributed by atoms with Crippen molar-refractivity contribution < 1.29 is 19.0 Å². The number of benzene rings is 3. The number of ether oxygens (including phenoxy) is 3. The van der Waals surface area contributed by atoms with E-state index in [0.717, 1.165) is 59.7 Å². The van der Waals surface area contributed by atoms with Crippen LogP contribution in [0.15, 0.2) is 72.8 Å². The van der Waals surface area contributed by atoms with Gasteiger partial charge in [0, 0.05) is 18.5 Å². The van der Waals surface area contributed by atoms with Crippen LogP contribution in [-0.2, 0) is 4.79 Å². The van der Waals surface area contributed by atoms with Gasteiger partial charge in [0.2, 0.25) is 0 Å². The van der Waals surface area contributed by atoms with Crippen LogP contribution in [0, 0.1) is 0 Å². The normalized spacial score (nSPS) is 17.6. The second-order valence-corrected chi connectivity index (χ2v) is 8.15. The van der Waals surface area contributed by atoms with E-state index in [1.165, 1.54) is 0 Å². The van der Waals surface area contributed by atoms with Crippen LogP contribution in [-0.4, -0.2) is 37.2 Å². The average molecular weight is 430 g/mol. The van der Waals surface area contributed by atoms with Crippen LogP contribution >= 0.6 is 0 Å². The van der Waals surface area contributed by atoms with E-state index >= 15 is 0 Å². The third-order valence-corrected chi connectivity index (χ3v) is 6.05. The third-order valence-electron chi connectivity index (χ3n) is 6.05. The topological polar surface area (TPSA) is 48.0 Å². The van der Waals surface area contributed by atoms with E-state index in [0.29, 0.717) is 13.2 Å². The Bertz CT molecular complexity index is 1080. The molecular weight excluding hydrogens is 402 g/mol. The van der Waals surface area contributed by atoms with Gasteiger partial charge in [-0.2, -0.15) is 0 Å². The number of carbonyl (C=O) groups excluding carboxylic acids is 1. The molecule has 32 heavy (non-hydrogen) atoms. The van der Waals surface area contributed by atoms with Gasteiger partial charge >= 0.3 is 0 Å². The van der Waals surface area contributed by atoms with Crippen LogP contribution < -0.4 is 14.2 Å². The van der Waals surface area contributed by atoms with Gasteiger partial charge in [0.05, 0.1) is 19.3 Å². The van der Waals surface area contributed by atoms with Gasteiger partial charge in [-0.25, -0.2) is 0 Å². The highest BCUT2D eigenvalue weighted by molar-refractivity contribution is 5.79. The molecule has 0 bridgehead atoms. The van der Waals surface area contributed by atoms with Crippen molar-refractivity contribution >= 4 is 5.91 Å². The Labute approximate surface area is 188 Å². The Balaban J connectivity index is 1.30. The first-order valence-corrected chi connectivity index (χ1v) is 11.3. The van der Waals surface area contributed by atoms with Crippen LogP contribution in [0.4, 0.5) is 0 Å². The van der Waals surface area contributed by atoms with Gasteiger partial charge in [-0.05, 0) is 42.2 Å². The Morgan fingerprint density at radius 1 is 0.906 bits per heavy atom. The monoisotopic (exact) mass is 429 g/mol. The molecule has 5 heteroatoms. The van der Waals surface area contributed by atoms with E-state index in [2.05, 4.69) is 6.07 Å². The first-order valence-electron chi connectivity index (χ1n) is 11.3. The summed E-state index contributed by atoms with van der Waals surface area (Å²) in [5.41, 5.74) is 3.15.